The summed E-state index contributed by atoms with van der Waals surface area (Å²) < 4.78 is 5.76. The number of hydrogen-bond donors (Lipinski definition) is 1. The Morgan fingerprint density at radius 1 is 1.50 bits per heavy atom. The number of nitrogens with one attached hydrogen (secondary N) is 1. The fourth-order valence-electron chi connectivity index (χ4n) is 1.48. The molecule has 2 heteroatoms. The van der Waals surface area contributed by atoms with E-state index in [1.807, 2.05) is 14.0 Å². The fourth-order valence-corrected chi connectivity index (χ4v) is 1.48. The molecule has 0 aromatic heterocycles. The molecule has 0 spiro atoms. The van der Waals surface area contributed by atoms with Crippen molar-refractivity contribution in [1.29, 1.82) is 0 Å². The minimum absolute atomic E-state index is 0.292. The lowest BCUT2D eigenvalue weighted by Gasteiger charge is -2.17. The Kier molecular flexibility index (Phi) is 4.56. The Bertz CT molecular complexity index is 371. The zero-order valence-electron chi connectivity index (χ0n) is 10.6. The third-order valence-corrected chi connectivity index (χ3v) is 2.54. The molecule has 88 valence electrons. The summed E-state index contributed by atoms with van der Waals surface area (Å²) in [6.07, 6.45) is 0. The summed E-state index contributed by atoms with van der Waals surface area (Å²) in [5, 5.41) is 3.23. The standard InChI is InChI=1S/C14H21NO/c1-10(2)9-16-14-8-11(3)6-7-13(14)12(4)15-5/h6-8,12,15H,1,9H2,2-5H3. The van der Waals surface area contributed by atoms with Crippen molar-refractivity contribution in [1.82, 2.24) is 5.32 Å². The van der Waals surface area contributed by atoms with Gasteiger partial charge in [0.1, 0.15) is 12.4 Å². The summed E-state index contributed by atoms with van der Waals surface area (Å²) in [5.41, 5.74) is 3.43. The van der Waals surface area contributed by atoms with Gasteiger partial charge in [0, 0.05) is 11.6 Å². The first-order chi connectivity index (χ1) is 7.54. The van der Waals surface area contributed by atoms with Gasteiger partial charge in [0.25, 0.3) is 0 Å². The van der Waals surface area contributed by atoms with Gasteiger partial charge in [0.05, 0.1) is 0 Å². The normalized spacial score (nSPS) is 12.2. The summed E-state index contributed by atoms with van der Waals surface area (Å²) >= 11 is 0. The first-order valence-electron chi connectivity index (χ1n) is 5.59. The van der Waals surface area contributed by atoms with Gasteiger partial charge >= 0.3 is 0 Å². The molecule has 1 unspecified atom stereocenters. The van der Waals surface area contributed by atoms with Crippen molar-refractivity contribution in [2.24, 2.45) is 0 Å². The van der Waals surface area contributed by atoms with E-state index in [1.165, 1.54) is 11.1 Å². The molecular formula is C14H21NO. The molecule has 0 fully saturated rings. The monoisotopic (exact) mass is 219 g/mol. The third kappa shape index (κ3) is 3.38. The van der Waals surface area contributed by atoms with Crippen LogP contribution in [0.5, 0.6) is 5.75 Å². The highest BCUT2D eigenvalue weighted by Crippen LogP contribution is 2.26. The fraction of sp³-hybridized carbons (Fsp3) is 0.429. The van der Waals surface area contributed by atoms with Crippen LogP contribution in [0, 0.1) is 6.92 Å². The second kappa shape index (κ2) is 5.71. The van der Waals surface area contributed by atoms with Gasteiger partial charge in [0.2, 0.25) is 0 Å². The Morgan fingerprint density at radius 3 is 2.75 bits per heavy atom. The average Bonchev–Trinajstić information content (AvgIpc) is 2.25. The maximum atomic E-state index is 5.76. The SMILES string of the molecule is C=C(C)COc1cc(C)ccc1C(C)NC. The molecule has 0 bridgehead atoms. The van der Waals surface area contributed by atoms with Gasteiger partial charge in [-0.3, -0.25) is 0 Å². The average molecular weight is 219 g/mol. The van der Waals surface area contributed by atoms with Gasteiger partial charge in [-0.1, -0.05) is 18.7 Å². The lowest BCUT2D eigenvalue weighted by atomic mass is 10.1. The summed E-state index contributed by atoms with van der Waals surface area (Å²) in [6.45, 7) is 10.6. The Hall–Kier alpha value is -1.28. The van der Waals surface area contributed by atoms with E-state index in [0.717, 1.165) is 11.3 Å². The van der Waals surface area contributed by atoms with Gasteiger partial charge in [-0.25, -0.2) is 0 Å². The maximum absolute atomic E-state index is 5.76. The number of aryl methyl sites for hydroxylation is 1. The van der Waals surface area contributed by atoms with Crippen LogP contribution >= 0.6 is 0 Å². The molecule has 0 aliphatic heterocycles. The largest absolute Gasteiger partial charge is 0.489 e. The molecule has 16 heavy (non-hydrogen) atoms. The molecule has 1 aromatic carbocycles. The zero-order chi connectivity index (χ0) is 12.1. The maximum Gasteiger partial charge on any atom is 0.124 e. The first kappa shape index (κ1) is 12.8. The van der Waals surface area contributed by atoms with Crippen LogP contribution in [-0.2, 0) is 0 Å². The van der Waals surface area contributed by atoms with Gasteiger partial charge in [-0.2, -0.15) is 0 Å². The number of ether oxygens (including phenoxy) is 1. The Balaban J connectivity index is 2.93. The Morgan fingerprint density at radius 2 is 2.19 bits per heavy atom. The van der Waals surface area contributed by atoms with E-state index >= 15 is 0 Å². The predicted molar refractivity (Wildman–Crippen MR) is 69.0 cm³/mol. The molecule has 1 atom stereocenters. The van der Waals surface area contributed by atoms with E-state index in [4.69, 9.17) is 4.74 Å². The quantitative estimate of drug-likeness (QED) is 0.768. The highest BCUT2D eigenvalue weighted by Gasteiger charge is 2.10. The van der Waals surface area contributed by atoms with Gasteiger partial charge in [0.15, 0.2) is 0 Å². The van der Waals surface area contributed by atoms with Crippen LogP contribution in [-0.4, -0.2) is 13.7 Å². The first-order valence-corrected chi connectivity index (χ1v) is 5.59. The van der Waals surface area contributed by atoms with E-state index in [0.29, 0.717) is 12.6 Å². The molecule has 0 radical (unpaired) electrons. The lowest BCUT2D eigenvalue weighted by Crippen LogP contribution is -2.14. The summed E-state index contributed by atoms with van der Waals surface area (Å²) in [7, 11) is 1.95. The van der Waals surface area contributed by atoms with E-state index < -0.39 is 0 Å². The molecule has 1 aromatic rings. The van der Waals surface area contributed by atoms with Crippen molar-refractivity contribution in [3.63, 3.8) is 0 Å². The molecule has 2 nitrogen and oxygen atoms in total. The molecule has 0 aliphatic carbocycles. The minimum Gasteiger partial charge on any atom is -0.489 e. The second-order valence-electron chi connectivity index (χ2n) is 4.30. The minimum atomic E-state index is 0.292. The molecule has 1 rings (SSSR count). The predicted octanol–water partition coefficient (Wildman–Crippen LogP) is 3.23. The van der Waals surface area contributed by atoms with Crippen LogP contribution in [0.4, 0.5) is 0 Å². The van der Waals surface area contributed by atoms with E-state index in [1.54, 1.807) is 0 Å². The summed E-state index contributed by atoms with van der Waals surface area (Å²) in [6, 6.07) is 6.59. The molecular weight excluding hydrogens is 198 g/mol. The van der Waals surface area contributed by atoms with E-state index in [2.05, 4.69) is 43.9 Å². The van der Waals surface area contributed by atoms with Crippen molar-refractivity contribution in [2.75, 3.05) is 13.7 Å². The van der Waals surface area contributed by atoms with Crippen molar-refractivity contribution in [2.45, 2.75) is 26.8 Å². The van der Waals surface area contributed by atoms with Crippen LogP contribution in [0.2, 0.25) is 0 Å². The van der Waals surface area contributed by atoms with Gasteiger partial charge in [-0.15, -0.1) is 0 Å². The van der Waals surface area contributed by atoms with Gasteiger partial charge < -0.3 is 10.1 Å². The van der Waals surface area contributed by atoms with Crippen LogP contribution in [0.25, 0.3) is 0 Å². The molecule has 0 aliphatic rings. The van der Waals surface area contributed by atoms with Crippen LogP contribution in [0.3, 0.4) is 0 Å². The summed E-state index contributed by atoms with van der Waals surface area (Å²) in [5.74, 6) is 0.949. The van der Waals surface area contributed by atoms with E-state index in [9.17, 15) is 0 Å². The molecule has 0 saturated carbocycles. The zero-order valence-corrected chi connectivity index (χ0v) is 10.6. The van der Waals surface area contributed by atoms with Crippen molar-refractivity contribution < 1.29 is 4.74 Å². The highest BCUT2D eigenvalue weighted by molar-refractivity contribution is 5.39. The van der Waals surface area contributed by atoms with Crippen LogP contribution in [0.15, 0.2) is 30.4 Å². The van der Waals surface area contributed by atoms with Crippen LogP contribution in [0.1, 0.15) is 31.0 Å². The van der Waals surface area contributed by atoms with E-state index in [-0.39, 0.29) is 0 Å². The van der Waals surface area contributed by atoms with Crippen molar-refractivity contribution in [3.05, 3.63) is 41.5 Å². The number of rotatable bonds is 5. The molecule has 0 saturated heterocycles. The van der Waals surface area contributed by atoms with Crippen LogP contribution < -0.4 is 10.1 Å². The number of hydrogen-bond acceptors (Lipinski definition) is 2. The lowest BCUT2D eigenvalue weighted by molar-refractivity contribution is 0.345. The molecule has 1 N–H and O–H groups in total. The topological polar surface area (TPSA) is 21.3 Å². The number of benzene rings is 1. The third-order valence-electron chi connectivity index (χ3n) is 2.54. The van der Waals surface area contributed by atoms with Crippen molar-refractivity contribution in [3.8, 4) is 5.75 Å². The summed E-state index contributed by atoms with van der Waals surface area (Å²) in [4.78, 5) is 0. The molecule has 0 heterocycles. The van der Waals surface area contributed by atoms with Crippen molar-refractivity contribution >= 4 is 0 Å². The Labute approximate surface area is 98.3 Å². The molecule has 0 amide bonds. The highest BCUT2D eigenvalue weighted by atomic mass is 16.5. The van der Waals surface area contributed by atoms with Gasteiger partial charge in [-0.05, 0) is 45.0 Å². The second-order valence-corrected chi connectivity index (χ2v) is 4.30. The smallest absolute Gasteiger partial charge is 0.124 e.